The maximum atomic E-state index is 12.1. The number of carbonyl (C=O) groups is 2. The van der Waals surface area contributed by atoms with E-state index in [4.69, 9.17) is 10.8 Å². The first-order valence-corrected chi connectivity index (χ1v) is 15.1. The first-order chi connectivity index (χ1) is 19.5. The minimum atomic E-state index is -3.41. The summed E-state index contributed by atoms with van der Waals surface area (Å²) in [6, 6.07) is 28.3. The molecule has 9 heteroatoms. The lowest BCUT2D eigenvalue weighted by Gasteiger charge is -2.25. The number of pyridine rings is 1. The molecule has 4 aromatic rings. The van der Waals surface area contributed by atoms with Crippen molar-refractivity contribution in [2.45, 2.75) is 38.6 Å². The van der Waals surface area contributed by atoms with Crippen LogP contribution in [-0.4, -0.2) is 41.9 Å². The van der Waals surface area contributed by atoms with E-state index in [1.165, 1.54) is 12.5 Å². The van der Waals surface area contributed by atoms with Gasteiger partial charge in [0.25, 0.3) is 0 Å². The van der Waals surface area contributed by atoms with Gasteiger partial charge in [-0.2, -0.15) is 0 Å². The lowest BCUT2D eigenvalue weighted by atomic mass is 9.93. The van der Waals surface area contributed by atoms with E-state index in [0.29, 0.717) is 12.1 Å². The zero-order chi connectivity index (χ0) is 30.0. The molecule has 0 bridgehead atoms. The van der Waals surface area contributed by atoms with Crippen LogP contribution in [0.15, 0.2) is 97.3 Å². The fourth-order valence-electron chi connectivity index (χ4n) is 4.47. The van der Waals surface area contributed by atoms with E-state index in [-0.39, 0.29) is 6.42 Å². The van der Waals surface area contributed by atoms with Gasteiger partial charge in [0.15, 0.2) is 15.1 Å². The molecule has 3 N–H and O–H groups in total. The van der Waals surface area contributed by atoms with Gasteiger partial charge >= 0.3 is 5.97 Å². The van der Waals surface area contributed by atoms with E-state index in [1.807, 2.05) is 61.7 Å². The third-order valence-electron chi connectivity index (χ3n) is 6.55. The van der Waals surface area contributed by atoms with Crippen LogP contribution >= 0.6 is 0 Å². The van der Waals surface area contributed by atoms with Gasteiger partial charge in [0.2, 0.25) is 5.91 Å². The molecule has 0 aliphatic carbocycles. The lowest BCUT2D eigenvalue weighted by Crippen LogP contribution is -2.28. The molecule has 0 saturated heterocycles. The highest BCUT2D eigenvalue weighted by atomic mass is 32.2. The summed E-state index contributed by atoms with van der Waals surface area (Å²) in [4.78, 5) is 28.9. The Morgan fingerprint density at radius 1 is 0.902 bits per heavy atom. The molecule has 3 aromatic carbocycles. The minimum absolute atomic E-state index is 0.119. The summed E-state index contributed by atoms with van der Waals surface area (Å²) in [5.41, 5.74) is 12.6. The second kappa shape index (κ2) is 14.2. The number of aliphatic carboxylic acids is 1. The average Bonchev–Trinajstić information content (AvgIpc) is 2.93. The van der Waals surface area contributed by atoms with Crippen LogP contribution in [0.1, 0.15) is 40.4 Å². The number of hydrogen-bond acceptors (Lipinski definition) is 6. The number of carboxylic acid groups (broad SMARTS) is 1. The number of anilines is 1. The third-order valence-corrected chi connectivity index (χ3v) is 8.12. The van der Waals surface area contributed by atoms with E-state index in [2.05, 4.69) is 46.3 Å². The monoisotopic (exact) mass is 573 g/mol. The summed E-state index contributed by atoms with van der Waals surface area (Å²) in [7, 11) is -3.41. The molecule has 1 atom stereocenters. The number of carboxylic acids is 1. The number of carbonyl (C=O) groups excluding carboxylic acids is 1. The summed E-state index contributed by atoms with van der Waals surface area (Å²) >= 11 is 0. The number of sulfone groups is 1. The number of nitrogens with two attached hydrogens (primary N) is 1. The van der Waals surface area contributed by atoms with Crippen molar-refractivity contribution in [2.24, 2.45) is 5.73 Å². The van der Waals surface area contributed by atoms with Gasteiger partial charge in [0, 0.05) is 31.1 Å². The first-order valence-electron chi connectivity index (χ1n) is 13.1. The summed E-state index contributed by atoms with van der Waals surface area (Å²) in [5, 5.41) is 7.09. The van der Waals surface area contributed by atoms with Crippen molar-refractivity contribution in [3.05, 3.63) is 120 Å². The van der Waals surface area contributed by atoms with Crippen LogP contribution < -0.4 is 10.6 Å². The van der Waals surface area contributed by atoms with Crippen molar-refractivity contribution in [2.75, 3.05) is 11.2 Å². The van der Waals surface area contributed by atoms with Crippen molar-refractivity contribution < 1.29 is 23.1 Å². The fraction of sp³-hybridized carbons (Fsp3) is 0.219. The van der Waals surface area contributed by atoms with Gasteiger partial charge in [-0.25, -0.2) is 8.42 Å². The Morgan fingerprint density at radius 3 is 2.10 bits per heavy atom. The van der Waals surface area contributed by atoms with Crippen LogP contribution in [0.25, 0.3) is 11.1 Å². The fourth-order valence-corrected chi connectivity index (χ4v) is 5.44. The molecule has 0 spiro atoms. The Hall–Kier alpha value is -4.50. The standard InChI is InChI=1S/C27H25N3O.C5H10O4S/c1-20-8-5-6-12-24(20)26-16-22(13-14-25(26)27(28)31)19-30(23-11-7-15-29-17-23)18-21-9-3-2-4-10-21;1-3-4(5(6)7)10(2,8)9/h2-17H,18-19H2,1H3,(H2,28,31);4H,3H2,1-2H3,(H,6,7). The van der Waals surface area contributed by atoms with E-state index in [9.17, 15) is 18.0 Å². The molecule has 1 amide bonds. The number of nitrogens with zero attached hydrogens (tertiary/aromatic N) is 2. The molecular formula is C32H35N3O5S. The summed E-state index contributed by atoms with van der Waals surface area (Å²) in [6.45, 7) is 5.01. The van der Waals surface area contributed by atoms with Crippen molar-refractivity contribution in [1.82, 2.24) is 4.98 Å². The van der Waals surface area contributed by atoms with Crippen LogP contribution in [-0.2, 0) is 27.7 Å². The van der Waals surface area contributed by atoms with Gasteiger partial charge in [-0.3, -0.25) is 14.6 Å². The number of rotatable bonds is 10. The molecular weight excluding hydrogens is 538 g/mol. The normalized spacial score (nSPS) is 11.6. The van der Waals surface area contributed by atoms with Gasteiger partial charge in [-0.05, 0) is 65.4 Å². The van der Waals surface area contributed by atoms with Crippen molar-refractivity contribution in [3.8, 4) is 11.1 Å². The zero-order valence-corrected chi connectivity index (χ0v) is 24.2. The zero-order valence-electron chi connectivity index (χ0n) is 23.4. The molecule has 0 aliphatic heterocycles. The molecule has 1 unspecified atom stereocenters. The van der Waals surface area contributed by atoms with Crippen LogP contribution in [0.4, 0.5) is 5.69 Å². The average molecular weight is 574 g/mol. The Labute approximate surface area is 241 Å². The van der Waals surface area contributed by atoms with E-state index in [0.717, 1.165) is 40.7 Å². The second-order valence-corrected chi connectivity index (χ2v) is 11.9. The third kappa shape index (κ3) is 8.74. The minimum Gasteiger partial charge on any atom is -0.480 e. The quantitative estimate of drug-likeness (QED) is 0.265. The Kier molecular flexibility index (Phi) is 10.8. The molecule has 0 radical (unpaired) electrons. The van der Waals surface area contributed by atoms with E-state index < -0.39 is 27.0 Å². The predicted octanol–water partition coefficient (Wildman–Crippen LogP) is 5.26. The largest absolute Gasteiger partial charge is 0.480 e. The van der Waals surface area contributed by atoms with Gasteiger partial charge in [0.05, 0.1) is 11.9 Å². The van der Waals surface area contributed by atoms with Crippen LogP contribution in [0.5, 0.6) is 0 Å². The maximum absolute atomic E-state index is 12.1. The summed E-state index contributed by atoms with van der Waals surface area (Å²) in [5.74, 6) is -1.69. The smallest absolute Gasteiger partial charge is 0.321 e. The number of benzene rings is 3. The topological polar surface area (TPSA) is 131 Å². The van der Waals surface area contributed by atoms with Gasteiger partial charge in [-0.15, -0.1) is 0 Å². The molecule has 0 saturated carbocycles. The number of hydrogen-bond donors (Lipinski definition) is 2. The van der Waals surface area contributed by atoms with Crippen molar-refractivity contribution in [1.29, 1.82) is 0 Å². The number of aromatic nitrogens is 1. The molecule has 0 aliphatic rings. The highest BCUT2D eigenvalue weighted by Gasteiger charge is 2.25. The van der Waals surface area contributed by atoms with Gasteiger partial charge in [-0.1, -0.05) is 67.6 Å². The van der Waals surface area contributed by atoms with Gasteiger partial charge < -0.3 is 15.7 Å². The maximum Gasteiger partial charge on any atom is 0.321 e. The summed E-state index contributed by atoms with van der Waals surface area (Å²) in [6.07, 6.45) is 4.70. The molecule has 0 fully saturated rings. The lowest BCUT2D eigenvalue weighted by molar-refractivity contribution is -0.136. The Bertz CT molecular complexity index is 1580. The molecule has 8 nitrogen and oxygen atoms in total. The van der Waals surface area contributed by atoms with Gasteiger partial charge in [0.1, 0.15) is 0 Å². The van der Waals surface area contributed by atoms with Crippen molar-refractivity contribution in [3.63, 3.8) is 0 Å². The molecule has 4 rings (SSSR count). The first kappa shape index (κ1) is 31.0. The van der Waals surface area contributed by atoms with Crippen molar-refractivity contribution >= 4 is 27.4 Å². The Balaban J connectivity index is 0.000000397. The van der Waals surface area contributed by atoms with E-state index in [1.54, 1.807) is 6.20 Å². The molecule has 41 heavy (non-hydrogen) atoms. The molecule has 1 aromatic heterocycles. The predicted molar refractivity (Wildman–Crippen MR) is 162 cm³/mol. The van der Waals surface area contributed by atoms with Crippen LogP contribution in [0.2, 0.25) is 0 Å². The number of aryl methyl sites for hydroxylation is 1. The van der Waals surface area contributed by atoms with Crippen LogP contribution in [0, 0.1) is 6.92 Å². The van der Waals surface area contributed by atoms with Crippen LogP contribution in [0.3, 0.4) is 0 Å². The number of primary amides is 1. The molecule has 1 heterocycles. The van der Waals surface area contributed by atoms with E-state index >= 15 is 0 Å². The highest BCUT2D eigenvalue weighted by Crippen LogP contribution is 2.29. The summed E-state index contributed by atoms with van der Waals surface area (Å²) < 4.78 is 21.2. The second-order valence-electron chi connectivity index (χ2n) is 9.68. The molecule has 214 valence electrons. The highest BCUT2D eigenvalue weighted by molar-refractivity contribution is 7.92. The number of amides is 1. The SMILES string of the molecule is CCC(C(=O)O)S(C)(=O)=O.Cc1ccccc1-c1cc(CN(Cc2ccccc2)c2cccnc2)ccc1C(N)=O. The Morgan fingerprint density at radius 2 is 1.56 bits per heavy atom.